The van der Waals surface area contributed by atoms with Gasteiger partial charge in [0.05, 0.1) is 12.0 Å². The lowest BCUT2D eigenvalue weighted by Gasteiger charge is -2.08. The molecule has 3 rings (SSSR count). The van der Waals surface area contributed by atoms with Gasteiger partial charge in [0.1, 0.15) is 0 Å². The molecule has 0 atom stereocenters. The number of rotatable bonds is 4. The number of aromatic nitrogens is 2. The van der Waals surface area contributed by atoms with E-state index in [1.165, 1.54) is 16.8 Å². The van der Waals surface area contributed by atoms with E-state index in [9.17, 15) is 0 Å². The molecular formula is C18H18N2. The Morgan fingerprint density at radius 3 is 2.20 bits per heavy atom. The Kier molecular flexibility index (Phi) is 3.64. The van der Waals surface area contributed by atoms with Gasteiger partial charge < -0.3 is 4.57 Å². The number of nitrogens with zero attached hydrogens (tertiary/aromatic N) is 2. The Hall–Kier alpha value is -2.35. The van der Waals surface area contributed by atoms with Crippen LogP contribution in [-0.2, 0) is 13.0 Å². The van der Waals surface area contributed by atoms with Gasteiger partial charge in [0.25, 0.3) is 0 Å². The molecule has 2 nitrogen and oxygen atoms in total. The fourth-order valence-corrected chi connectivity index (χ4v) is 2.53. The Morgan fingerprint density at radius 1 is 0.900 bits per heavy atom. The van der Waals surface area contributed by atoms with Crippen LogP contribution in [0.4, 0.5) is 0 Å². The summed E-state index contributed by atoms with van der Waals surface area (Å²) in [6.07, 6.45) is 2.94. The second-order valence-corrected chi connectivity index (χ2v) is 4.87. The summed E-state index contributed by atoms with van der Waals surface area (Å²) in [6, 6.07) is 20.9. The molecule has 2 aromatic carbocycles. The van der Waals surface area contributed by atoms with Crippen molar-refractivity contribution in [2.24, 2.45) is 0 Å². The maximum atomic E-state index is 4.62. The summed E-state index contributed by atoms with van der Waals surface area (Å²) in [7, 11) is 0. The summed E-state index contributed by atoms with van der Waals surface area (Å²) in [5.41, 5.74) is 4.89. The number of hydrogen-bond donors (Lipinski definition) is 0. The van der Waals surface area contributed by atoms with Gasteiger partial charge in [0.2, 0.25) is 0 Å². The van der Waals surface area contributed by atoms with Gasteiger partial charge in [0, 0.05) is 17.8 Å². The minimum atomic E-state index is 0.879. The average molecular weight is 262 g/mol. The zero-order valence-electron chi connectivity index (χ0n) is 11.7. The second-order valence-electron chi connectivity index (χ2n) is 4.87. The highest BCUT2D eigenvalue weighted by molar-refractivity contribution is 5.61. The molecule has 20 heavy (non-hydrogen) atoms. The van der Waals surface area contributed by atoms with E-state index in [2.05, 4.69) is 65.0 Å². The summed E-state index contributed by atoms with van der Waals surface area (Å²) < 4.78 is 2.25. The van der Waals surface area contributed by atoms with Gasteiger partial charge in [0.15, 0.2) is 0 Å². The van der Waals surface area contributed by atoms with E-state index in [0.29, 0.717) is 0 Å². The quantitative estimate of drug-likeness (QED) is 0.690. The van der Waals surface area contributed by atoms with Crippen LogP contribution in [0.5, 0.6) is 0 Å². The van der Waals surface area contributed by atoms with Gasteiger partial charge in [-0.15, -0.1) is 0 Å². The first-order valence-electron chi connectivity index (χ1n) is 7.02. The second kappa shape index (κ2) is 5.74. The van der Waals surface area contributed by atoms with Crippen LogP contribution < -0.4 is 0 Å². The summed E-state index contributed by atoms with van der Waals surface area (Å²) in [6.45, 7) is 3.06. The summed E-state index contributed by atoms with van der Waals surface area (Å²) in [5, 5.41) is 0. The summed E-state index contributed by atoms with van der Waals surface area (Å²) >= 11 is 0. The highest BCUT2D eigenvalue weighted by Gasteiger charge is 2.11. The highest BCUT2D eigenvalue weighted by atomic mass is 15.1. The lowest BCUT2D eigenvalue weighted by atomic mass is 10.1. The Bertz CT molecular complexity index is 669. The third kappa shape index (κ3) is 2.50. The van der Waals surface area contributed by atoms with Crippen LogP contribution in [0.15, 0.2) is 67.0 Å². The van der Waals surface area contributed by atoms with Gasteiger partial charge >= 0.3 is 0 Å². The van der Waals surface area contributed by atoms with E-state index in [1.807, 2.05) is 18.5 Å². The number of imidazole rings is 1. The molecule has 2 heteroatoms. The topological polar surface area (TPSA) is 17.8 Å². The van der Waals surface area contributed by atoms with Crippen molar-refractivity contribution < 1.29 is 0 Å². The summed E-state index contributed by atoms with van der Waals surface area (Å²) in [5.74, 6) is 0. The minimum absolute atomic E-state index is 0.879. The molecule has 0 spiro atoms. The fraction of sp³-hybridized carbons (Fsp3) is 0.167. The third-order valence-electron chi connectivity index (χ3n) is 3.52. The third-order valence-corrected chi connectivity index (χ3v) is 3.52. The minimum Gasteiger partial charge on any atom is -0.330 e. The van der Waals surface area contributed by atoms with Crippen LogP contribution in [0.1, 0.15) is 18.2 Å². The van der Waals surface area contributed by atoms with Crippen LogP contribution >= 0.6 is 0 Å². The molecule has 0 fully saturated rings. The first-order valence-corrected chi connectivity index (χ1v) is 7.02. The first kappa shape index (κ1) is 12.7. The van der Waals surface area contributed by atoms with Crippen molar-refractivity contribution in [2.75, 3.05) is 0 Å². The molecule has 0 aliphatic heterocycles. The zero-order chi connectivity index (χ0) is 13.8. The van der Waals surface area contributed by atoms with Gasteiger partial charge in [-0.3, -0.25) is 0 Å². The normalized spacial score (nSPS) is 10.7. The molecule has 0 unspecified atom stereocenters. The van der Waals surface area contributed by atoms with Crippen molar-refractivity contribution in [1.29, 1.82) is 0 Å². The van der Waals surface area contributed by atoms with Crippen molar-refractivity contribution in [2.45, 2.75) is 19.9 Å². The average Bonchev–Trinajstić information content (AvgIpc) is 2.92. The SMILES string of the molecule is CCc1c(-c2ccccc2)ncn1Cc1ccccc1. The number of benzene rings is 2. The molecule has 1 heterocycles. The molecule has 1 aromatic heterocycles. The lowest BCUT2D eigenvalue weighted by molar-refractivity contribution is 0.747. The Morgan fingerprint density at radius 2 is 1.55 bits per heavy atom. The van der Waals surface area contributed by atoms with E-state index < -0.39 is 0 Å². The molecule has 0 N–H and O–H groups in total. The van der Waals surface area contributed by atoms with Gasteiger partial charge in [-0.25, -0.2) is 4.98 Å². The van der Waals surface area contributed by atoms with Crippen LogP contribution in [-0.4, -0.2) is 9.55 Å². The predicted molar refractivity (Wildman–Crippen MR) is 82.6 cm³/mol. The van der Waals surface area contributed by atoms with Crippen molar-refractivity contribution in [1.82, 2.24) is 9.55 Å². The molecule has 3 aromatic rings. The molecule has 0 amide bonds. The van der Waals surface area contributed by atoms with E-state index in [1.54, 1.807) is 0 Å². The van der Waals surface area contributed by atoms with Gasteiger partial charge in [-0.05, 0) is 12.0 Å². The van der Waals surface area contributed by atoms with Crippen LogP contribution in [0, 0.1) is 0 Å². The Balaban J connectivity index is 1.96. The standard InChI is InChI=1S/C18H18N2/c1-2-17-18(16-11-7-4-8-12-16)19-14-20(17)13-15-9-5-3-6-10-15/h3-12,14H,2,13H2,1H3. The van der Waals surface area contributed by atoms with Gasteiger partial charge in [-0.2, -0.15) is 0 Å². The molecular weight excluding hydrogens is 244 g/mol. The molecule has 0 bridgehead atoms. The smallest absolute Gasteiger partial charge is 0.0959 e. The Labute approximate surface area is 119 Å². The maximum absolute atomic E-state index is 4.62. The largest absolute Gasteiger partial charge is 0.330 e. The molecule has 0 aliphatic carbocycles. The summed E-state index contributed by atoms with van der Waals surface area (Å²) in [4.78, 5) is 4.62. The molecule has 100 valence electrons. The zero-order valence-corrected chi connectivity index (χ0v) is 11.7. The maximum Gasteiger partial charge on any atom is 0.0959 e. The monoisotopic (exact) mass is 262 g/mol. The predicted octanol–water partition coefficient (Wildman–Crippen LogP) is 4.16. The lowest BCUT2D eigenvalue weighted by Crippen LogP contribution is -2.03. The van der Waals surface area contributed by atoms with Crippen LogP contribution in [0.3, 0.4) is 0 Å². The molecule has 0 radical (unpaired) electrons. The van der Waals surface area contributed by atoms with Gasteiger partial charge in [-0.1, -0.05) is 67.6 Å². The number of hydrogen-bond acceptors (Lipinski definition) is 1. The molecule has 0 saturated heterocycles. The highest BCUT2D eigenvalue weighted by Crippen LogP contribution is 2.23. The van der Waals surface area contributed by atoms with E-state index in [4.69, 9.17) is 0 Å². The van der Waals surface area contributed by atoms with Crippen molar-refractivity contribution in [3.8, 4) is 11.3 Å². The van der Waals surface area contributed by atoms with E-state index in [-0.39, 0.29) is 0 Å². The van der Waals surface area contributed by atoms with Crippen molar-refractivity contribution >= 4 is 0 Å². The first-order chi connectivity index (χ1) is 9.88. The van der Waals surface area contributed by atoms with Crippen molar-refractivity contribution in [3.05, 3.63) is 78.2 Å². The molecule has 0 saturated carbocycles. The fourth-order valence-electron chi connectivity index (χ4n) is 2.53. The van der Waals surface area contributed by atoms with Crippen molar-refractivity contribution in [3.63, 3.8) is 0 Å². The van der Waals surface area contributed by atoms with Crippen LogP contribution in [0.2, 0.25) is 0 Å². The van der Waals surface area contributed by atoms with E-state index >= 15 is 0 Å². The van der Waals surface area contributed by atoms with Crippen LogP contribution in [0.25, 0.3) is 11.3 Å². The van der Waals surface area contributed by atoms with E-state index in [0.717, 1.165) is 18.7 Å². The molecule has 0 aliphatic rings.